The van der Waals surface area contributed by atoms with Gasteiger partial charge in [0, 0.05) is 24.7 Å². The van der Waals surface area contributed by atoms with E-state index in [0.29, 0.717) is 17.8 Å². The number of rotatable bonds is 5. The van der Waals surface area contributed by atoms with Crippen LogP contribution < -0.4 is 5.32 Å². The Bertz CT molecular complexity index is 629. The van der Waals surface area contributed by atoms with Gasteiger partial charge in [0.05, 0.1) is 5.02 Å². The van der Waals surface area contributed by atoms with Crippen LogP contribution in [-0.4, -0.2) is 16.5 Å². The summed E-state index contributed by atoms with van der Waals surface area (Å²) in [6.07, 6.45) is 0.325. The number of anilines is 1. The van der Waals surface area contributed by atoms with Crippen molar-refractivity contribution >= 4 is 17.4 Å². The normalized spacial score (nSPS) is 11.0. The van der Waals surface area contributed by atoms with E-state index in [1.165, 1.54) is 6.07 Å². The highest BCUT2D eigenvalue weighted by atomic mass is 35.5. The smallest absolute Gasteiger partial charge is 0.145 e. The van der Waals surface area contributed by atoms with E-state index in [2.05, 4.69) is 29.1 Å². The predicted octanol–water partition coefficient (Wildman–Crippen LogP) is 4.42. The summed E-state index contributed by atoms with van der Waals surface area (Å²) < 4.78 is 14.0. The summed E-state index contributed by atoms with van der Waals surface area (Å²) in [5.74, 6) is 1.25. The molecule has 2 rings (SSSR count). The van der Waals surface area contributed by atoms with Gasteiger partial charge < -0.3 is 5.32 Å². The minimum absolute atomic E-state index is 0.124. The van der Waals surface area contributed by atoms with Gasteiger partial charge >= 0.3 is 0 Å². The van der Waals surface area contributed by atoms with Crippen LogP contribution in [0.2, 0.25) is 5.02 Å². The van der Waals surface area contributed by atoms with E-state index in [4.69, 9.17) is 11.6 Å². The molecule has 2 aromatic rings. The molecule has 21 heavy (non-hydrogen) atoms. The molecule has 0 unspecified atom stereocenters. The Morgan fingerprint density at radius 3 is 2.71 bits per heavy atom. The molecule has 0 amide bonds. The lowest BCUT2D eigenvalue weighted by atomic mass is 10.1. The van der Waals surface area contributed by atoms with Crippen LogP contribution in [0.1, 0.15) is 43.8 Å². The molecule has 0 aliphatic carbocycles. The summed E-state index contributed by atoms with van der Waals surface area (Å²) in [4.78, 5) is 8.96. The van der Waals surface area contributed by atoms with Crippen LogP contribution in [0.3, 0.4) is 0 Å². The van der Waals surface area contributed by atoms with Crippen LogP contribution >= 0.6 is 11.6 Å². The van der Waals surface area contributed by atoms with Crippen LogP contribution in [0.4, 0.5) is 10.2 Å². The zero-order valence-electron chi connectivity index (χ0n) is 12.5. The topological polar surface area (TPSA) is 37.8 Å². The van der Waals surface area contributed by atoms with Gasteiger partial charge in [-0.1, -0.05) is 37.6 Å². The van der Waals surface area contributed by atoms with Crippen molar-refractivity contribution in [3.8, 4) is 0 Å². The lowest BCUT2D eigenvalue weighted by molar-refractivity contribution is 0.612. The van der Waals surface area contributed by atoms with Crippen LogP contribution in [0.5, 0.6) is 0 Å². The second-order valence-corrected chi connectivity index (χ2v) is 5.58. The molecule has 112 valence electrons. The van der Waals surface area contributed by atoms with Gasteiger partial charge in [-0.25, -0.2) is 14.4 Å². The molecule has 1 heterocycles. The molecular weight excluding hydrogens is 289 g/mol. The maximum Gasteiger partial charge on any atom is 0.145 e. The summed E-state index contributed by atoms with van der Waals surface area (Å²) in [6.45, 7) is 6.93. The molecule has 1 N–H and O–H groups in total. The molecule has 0 saturated carbocycles. The molecule has 0 saturated heterocycles. The first-order chi connectivity index (χ1) is 10.0. The fraction of sp³-hybridized carbons (Fsp3) is 0.375. The van der Waals surface area contributed by atoms with Crippen LogP contribution in [0.15, 0.2) is 24.3 Å². The fourth-order valence-corrected chi connectivity index (χ4v) is 2.21. The summed E-state index contributed by atoms with van der Waals surface area (Å²) in [5.41, 5.74) is 1.45. The average molecular weight is 308 g/mol. The Morgan fingerprint density at radius 2 is 2.05 bits per heavy atom. The number of hydrogen-bond donors (Lipinski definition) is 1. The Balaban J connectivity index is 2.36. The van der Waals surface area contributed by atoms with Crippen LogP contribution in [0.25, 0.3) is 0 Å². The van der Waals surface area contributed by atoms with Crippen molar-refractivity contribution in [1.82, 2.24) is 9.97 Å². The van der Waals surface area contributed by atoms with E-state index < -0.39 is 5.82 Å². The molecule has 5 heteroatoms. The Morgan fingerprint density at radius 1 is 1.29 bits per heavy atom. The highest BCUT2D eigenvalue weighted by Crippen LogP contribution is 2.21. The van der Waals surface area contributed by atoms with Crippen molar-refractivity contribution in [2.45, 2.75) is 33.1 Å². The Hall–Kier alpha value is -1.68. The van der Waals surface area contributed by atoms with E-state index in [1.54, 1.807) is 12.1 Å². The molecule has 0 atom stereocenters. The number of hydrogen-bond acceptors (Lipinski definition) is 3. The monoisotopic (exact) mass is 307 g/mol. The zero-order valence-corrected chi connectivity index (χ0v) is 13.2. The average Bonchev–Trinajstić information content (AvgIpc) is 2.44. The molecule has 0 radical (unpaired) electrons. The van der Waals surface area contributed by atoms with Gasteiger partial charge in [-0.3, -0.25) is 0 Å². The molecule has 0 fully saturated rings. The van der Waals surface area contributed by atoms with E-state index >= 15 is 0 Å². The quantitative estimate of drug-likeness (QED) is 0.889. The first-order valence-corrected chi connectivity index (χ1v) is 7.43. The van der Waals surface area contributed by atoms with E-state index in [9.17, 15) is 4.39 Å². The van der Waals surface area contributed by atoms with Crippen molar-refractivity contribution in [2.75, 3.05) is 11.9 Å². The van der Waals surface area contributed by atoms with E-state index in [-0.39, 0.29) is 10.9 Å². The molecule has 3 nitrogen and oxygen atoms in total. The van der Waals surface area contributed by atoms with Crippen LogP contribution in [0, 0.1) is 5.82 Å². The van der Waals surface area contributed by atoms with Gasteiger partial charge in [0.25, 0.3) is 0 Å². The Kier molecular flexibility index (Phi) is 5.12. The zero-order chi connectivity index (χ0) is 15.4. The molecule has 0 aliphatic heterocycles. The van der Waals surface area contributed by atoms with Gasteiger partial charge in [-0.2, -0.15) is 0 Å². The number of halogens is 2. The number of nitrogens with zero attached hydrogens (tertiary/aromatic N) is 2. The summed E-state index contributed by atoms with van der Waals surface area (Å²) in [5, 5.41) is 3.31. The first-order valence-electron chi connectivity index (χ1n) is 7.05. The molecule has 1 aromatic carbocycles. The summed E-state index contributed by atoms with van der Waals surface area (Å²) >= 11 is 5.81. The number of benzene rings is 1. The fourth-order valence-electron chi connectivity index (χ4n) is 2.02. The van der Waals surface area contributed by atoms with Crippen molar-refractivity contribution in [2.24, 2.45) is 0 Å². The van der Waals surface area contributed by atoms with Crippen molar-refractivity contribution in [3.63, 3.8) is 0 Å². The highest BCUT2D eigenvalue weighted by Gasteiger charge is 2.12. The van der Waals surface area contributed by atoms with E-state index in [1.807, 2.05) is 13.0 Å². The summed E-state index contributed by atoms with van der Waals surface area (Å²) in [7, 11) is 0. The SMILES string of the molecule is CCNc1cc(C(C)C)nc(Cc2cccc(Cl)c2F)n1. The number of aromatic nitrogens is 2. The second-order valence-electron chi connectivity index (χ2n) is 5.17. The van der Waals surface area contributed by atoms with Gasteiger partial charge in [0.2, 0.25) is 0 Å². The Labute approximate surface area is 129 Å². The maximum atomic E-state index is 14.0. The van der Waals surface area contributed by atoms with Gasteiger partial charge in [0.15, 0.2) is 0 Å². The summed E-state index contributed by atoms with van der Waals surface area (Å²) in [6, 6.07) is 6.92. The van der Waals surface area contributed by atoms with Gasteiger partial charge in [-0.15, -0.1) is 0 Å². The van der Waals surface area contributed by atoms with Gasteiger partial charge in [-0.05, 0) is 24.5 Å². The molecule has 0 spiro atoms. The lowest BCUT2D eigenvalue weighted by Crippen LogP contribution is -2.08. The van der Waals surface area contributed by atoms with Crippen molar-refractivity contribution in [1.29, 1.82) is 0 Å². The predicted molar refractivity (Wildman–Crippen MR) is 84.5 cm³/mol. The molecule has 0 aliphatic rings. The highest BCUT2D eigenvalue weighted by molar-refractivity contribution is 6.30. The van der Waals surface area contributed by atoms with Gasteiger partial charge in [0.1, 0.15) is 17.5 Å². The van der Waals surface area contributed by atoms with Crippen LogP contribution in [-0.2, 0) is 6.42 Å². The molecular formula is C16H19ClFN3. The third kappa shape index (κ3) is 3.91. The molecule has 0 bridgehead atoms. The minimum Gasteiger partial charge on any atom is -0.370 e. The maximum absolute atomic E-state index is 14.0. The third-order valence-corrected chi connectivity index (χ3v) is 3.41. The van der Waals surface area contributed by atoms with E-state index in [0.717, 1.165) is 18.1 Å². The second kappa shape index (κ2) is 6.85. The minimum atomic E-state index is -0.400. The number of nitrogens with one attached hydrogen (secondary N) is 1. The van der Waals surface area contributed by atoms with Crippen molar-refractivity contribution < 1.29 is 4.39 Å². The van der Waals surface area contributed by atoms with Crippen molar-refractivity contribution in [3.05, 3.63) is 52.2 Å². The third-order valence-electron chi connectivity index (χ3n) is 3.12. The lowest BCUT2D eigenvalue weighted by Gasteiger charge is -2.11. The standard InChI is InChI=1S/C16H19ClFN3/c1-4-19-14-9-13(10(2)3)20-15(21-14)8-11-6-5-7-12(17)16(11)18/h5-7,9-10H,4,8H2,1-3H3,(H,19,20,21). The largest absolute Gasteiger partial charge is 0.370 e. The first kappa shape index (κ1) is 15.7. The molecule has 1 aromatic heterocycles.